The predicted molar refractivity (Wildman–Crippen MR) is 129 cm³/mol. The average molecular weight is 483 g/mol. The van der Waals surface area contributed by atoms with Crippen LogP contribution in [0.3, 0.4) is 0 Å². The highest BCUT2D eigenvalue weighted by molar-refractivity contribution is 6.99. The molecule has 0 saturated heterocycles. The molecule has 1 aromatic rings. The van der Waals surface area contributed by atoms with Gasteiger partial charge in [-0.25, -0.2) is 0 Å². The van der Waals surface area contributed by atoms with Gasteiger partial charge in [0.15, 0.2) is 0 Å². The van der Waals surface area contributed by atoms with Crippen LogP contribution < -0.4 is 4.74 Å². The second-order valence-corrected chi connectivity index (χ2v) is 10.4. The Kier molecular flexibility index (Phi) is 10.3. The monoisotopic (exact) mass is 482 g/mol. The van der Waals surface area contributed by atoms with E-state index in [0.29, 0.717) is 23.5 Å². The van der Waals surface area contributed by atoms with E-state index in [-0.39, 0.29) is 19.1 Å². The third kappa shape index (κ3) is 9.04. The highest BCUT2D eigenvalue weighted by Gasteiger charge is 2.36. The molecule has 33 heavy (non-hydrogen) atoms. The van der Waals surface area contributed by atoms with Crippen molar-refractivity contribution in [3.05, 3.63) is 11.8 Å². The number of likely N-dealkylation sites (N-methyl/N-ethyl adjacent to an activating group) is 1. The van der Waals surface area contributed by atoms with E-state index in [9.17, 15) is 9.59 Å². The van der Waals surface area contributed by atoms with Gasteiger partial charge in [0, 0.05) is 18.9 Å². The van der Waals surface area contributed by atoms with Crippen LogP contribution in [0.4, 0.5) is 0 Å². The van der Waals surface area contributed by atoms with Crippen molar-refractivity contribution in [1.82, 2.24) is 8.75 Å². The lowest BCUT2D eigenvalue weighted by atomic mass is 10.0. The normalized spacial score (nSPS) is 19.5. The van der Waals surface area contributed by atoms with Gasteiger partial charge >= 0.3 is 11.9 Å². The topological polar surface area (TPSA) is 87.6 Å². The second-order valence-electron chi connectivity index (χ2n) is 9.88. The van der Waals surface area contributed by atoms with E-state index >= 15 is 0 Å². The summed E-state index contributed by atoms with van der Waals surface area (Å²) in [7, 11) is 2.07. The van der Waals surface area contributed by atoms with Gasteiger partial charge in [-0.05, 0) is 27.2 Å². The molecule has 1 aliphatic rings. The number of aromatic nitrogens is 2. The lowest BCUT2D eigenvalue weighted by molar-refractivity contribution is -0.944. The lowest BCUT2D eigenvalue weighted by Gasteiger charge is -2.41. The highest BCUT2D eigenvalue weighted by Crippen LogP contribution is 2.31. The van der Waals surface area contributed by atoms with E-state index in [4.69, 9.17) is 14.2 Å². The summed E-state index contributed by atoms with van der Waals surface area (Å²) in [4.78, 5) is 24.3. The van der Waals surface area contributed by atoms with Crippen molar-refractivity contribution in [2.75, 3.05) is 26.7 Å². The summed E-state index contributed by atoms with van der Waals surface area (Å²) in [5.41, 5.74) is 1.30. The summed E-state index contributed by atoms with van der Waals surface area (Å²) < 4.78 is 26.3. The molecule has 0 aromatic carbocycles. The summed E-state index contributed by atoms with van der Waals surface area (Å²) in [6.07, 6.45) is 7.25. The molecule has 0 radical (unpaired) electrons. The van der Waals surface area contributed by atoms with Crippen molar-refractivity contribution < 1.29 is 28.3 Å². The molecule has 0 amide bonds. The van der Waals surface area contributed by atoms with Crippen LogP contribution in [-0.2, 0) is 19.1 Å². The van der Waals surface area contributed by atoms with Crippen LogP contribution in [0.15, 0.2) is 6.08 Å². The van der Waals surface area contributed by atoms with Gasteiger partial charge in [-0.15, -0.1) is 4.37 Å². The first kappa shape index (κ1) is 27.2. The molecule has 0 saturated carbocycles. The molecule has 1 aromatic heterocycles. The van der Waals surface area contributed by atoms with Gasteiger partial charge < -0.3 is 14.2 Å². The fraction of sp³-hybridized carbons (Fsp3) is 0.750. The Morgan fingerprint density at radius 1 is 1.15 bits per heavy atom. The molecule has 2 rings (SSSR count). The Hall–Kier alpha value is -2.00. The fourth-order valence-electron chi connectivity index (χ4n) is 3.69. The number of esters is 2. The number of carbonyl (C=O) groups is 2. The van der Waals surface area contributed by atoms with Crippen LogP contribution in [-0.4, -0.2) is 63.7 Å². The molecular formula is C24H40N3O5S+. The smallest absolute Gasteiger partial charge is 0.310 e. The number of rotatable bonds is 12. The Balaban J connectivity index is 1.90. The molecule has 1 aliphatic heterocycles. The first-order valence-corrected chi connectivity index (χ1v) is 12.7. The van der Waals surface area contributed by atoms with Crippen LogP contribution in [0, 0.1) is 0 Å². The number of ether oxygens (including phenoxy) is 3. The van der Waals surface area contributed by atoms with E-state index in [1.165, 1.54) is 12.8 Å². The van der Waals surface area contributed by atoms with Crippen LogP contribution in [0.1, 0.15) is 85.3 Å². The van der Waals surface area contributed by atoms with Gasteiger partial charge in [-0.3, -0.25) is 14.1 Å². The first-order valence-electron chi connectivity index (χ1n) is 11.9. The van der Waals surface area contributed by atoms with Gasteiger partial charge in [0.25, 0.3) is 5.88 Å². The second kappa shape index (κ2) is 12.5. The summed E-state index contributed by atoms with van der Waals surface area (Å²) in [6.45, 7) is 11.7. The summed E-state index contributed by atoms with van der Waals surface area (Å²) >= 11 is 1.16. The molecule has 1 unspecified atom stereocenters. The largest absolute Gasteiger partial charge is 0.475 e. The minimum Gasteiger partial charge on any atom is -0.475 e. The predicted octanol–water partition coefficient (Wildman–Crippen LogP) is 4.74. The van der Waals surface area contributed by atoms with Crippen molar-refractivity contribution in [2.24, 2.45) is 0 Å². The maximum absolute atomic E-state index is 12.4. The van der Waals surface area contributed by atoms with Crippen LogP contribution in [0.5, 0.6) is 5.88 Å². The first-order chi connectivity index (χ1) is 15.5. The van der Waals surface area contributed by atoms with Crippen molar-refractivity contribution in [1.29, 1.82) is 0 Å². The van der Waals surface area contributed by atoms with E-state index in [2.05, 4.69) is 28.8 Å². The van der Waals surface area contributed by atoms with E-state index in [1.807, 2.05) is 6.92 Å². The van der Waals surface area contributed by atoms with Gasteiger partial charge in [0.1, 0.15) is 17.8 Å². The number of nitrogens with zero attached hydrogens (tertiary/aromatic N) is 3. The molecule has 0 spiro atoms. The maximum atomic E-state index is 12.4. The number of hydrogen-bond acceptors (Lipinski definition) is 8. The standard InChI is InChI=1S/C24H40N3O5S/c1-7-8-9-10-16-30-23-22(25-33-26-23)19-12-11-15-27(6,17-19)18(2)31-20(28)13-14-21(29)32-24(3,4)5/h12,18H,7-11,13-17H2,1-6H3/q+1/t18-,27?/m0/s1. The third-order valence-corrected chi connectivity index (χ3v) is 6.21. The summed E-state index contributed by atoms with van der Waals surface area (Å²) in [6, 6.07) is 0. The van der Waals surface area contributed by atoms with E-state index < -0.39 is 17.5 Å². The fourth-order valence-corrected chi connectivity index (χ4v) is 4.22. The van der Waals surface area contributed by atoms with E-state index in [1.54, 1.807) is 20.8 Å². The molecule has 2 atom stereocenters. The minimum absolute atomic E-state index is 0.00791. The van der Waals surface area contributed by atoms with Crippen molar-refractivity contribution in [3.63, 3.8) is 0 Å². The number of quaternary nitrogens is 1. The van der Waals surface area contributed by atoms with Crippen molar-refractivity contribution >= 4 is 29.2 Å². The Morgan fingerprint density at radius 2 is 1.88 bits per heavy atom. The van der Waals surface area contributed by atoms with Crippen molar-refractivity contribution in [3.8, 4) is 5.88 Å². The zero-order chi connectivity index (χ0) is 24.5. The molecule has 9 heteroatoms. The average Bonchev–Trinajstić information content (AvgIpc) is 3.19. The quantitative estimate of drug-likeness (QED) is 0.241. The van der Waals surface area contributed by atoms with E-state index in [0.717, 1.165) is 48.8 Å². The maximum Gasteiger partial charge on any atom is 0.310 e. The van der Waals surface area contributed by atoms with Gasteiger partial charge in [-0.1, -0.05) is 32.3 Å². The van der Waals surface area contributed by atoms with Crippen LogP contribution >= 0.6 is 11.7 Å². The molecule has 0 bridgehead atoms. The van der Waals surface area contributed by atoms with Crippen LogP contribution in [0.2, 0.25) is 0 Å². The van der Waals surface area contributed by atoms with Crippen LogP contribution in [0.25, 0.3) is 5.57 Å². The molecule has 0 N–H and O–H groups in total. The third-order valence-electron chi connectivity index (χ3n) is 5.69. The summed E-state index contributed by atoms with van der Waals surface area (Å²) in [5, 5.41) is 0. The molecule has 2 heterocycles. The number of hydrogen-bond donors (Lipinski definition) is 0. The molecule has 0 aliphatic carbocycles. The molecule has 186 valence electrons. The molecule has 0 fully saturated rings. The zero-order valence-corrected chi connectivity index (χ0v) is 21.8. The van der Waals surface area contributed by atoms with Gasteiger partial charge in [0.2, 0.25) is 6.23 Å². The lowest BCUT2D eigenvalue weighted by Crippen LogP contribution is -2.55. The summed E-state index contributed by atoms with van der Waals surface area (Å²) in [5.74, 6) is -0.192. The number of carbonyl (C=O) groups excluding carboxylic acids is 2. The Labute approximate surface area is 202 Å². The Bertz CT molecular complexity index is 817. The molecular weight excluding hydrogens is 442 g/mol. The molecule has 8 nitrogen and oxygen atoms in total. The van der Waals surface area contributed by atoms with Gasteiger partial charge in [-0.2, -0.15) is 4.37 Å². The minimum atomic E-state index is -0.563. The number of unbranched alkanes of at least 4 members (excludes halogenated alkanes) is 3. The van der Waals surface area contributed by atoms with Gasteiger partial charge in [0.05, 0.1) is 44.8 Å². The van der Waals surface area contributed by atoms with Crippen molar-refractivity contribution in [2.45, 2.75) is 91.4 Å². The SMILES string of the molecule is CCCCCCOc1nsnc1C1=CCC[N+](C)([C@H](C)OC(=O)CCC(=O)OC(C)(C)C)C1. The zero-order valence-electron chi connectivity index (χ0n) is 21.0. The Morgan fingerprint density at radius 3 is 2.58 bits per heavy atom. The highest BCUT2D eigenvalue weighted by atomic mass is 32.1.